The molecule has 136 valence electrons. The molecule has 26 heavy (non-hydrogen) atoms. The Kier molecular flexibility index (Phi) is 4.80. The van der Waals surface area contributed by atoms with Gasteiger partial charge in [-0.25, -0.2) is 4.39 Å². The molecule has 0 spiro atoms. The number of nitrogens with two attached hydrogens (primary N) is 1. The van der Waals surface area contributed by atoms with Crippen molar-refractivity contribution >= 4 is 0 Å². The maximum absolute atomic E-state index is 13.3. The summed E-state index contributed by atoms with van der Waals surface area (Å²) in [7, 11) is 0. The first-order valence-electron chi connectivity index (χ1n) is 9.46. The second-order valence-corrected chi connectivity index (χ2v) is 7.71. The van der Waals surface area contributed by atoms with Gasteiger partial charge in [-0.15, -0.1) is 0 Å². The van der Waals surface area contributed by atoms with Crippen molar-refractivity contribution in [1.82, 2.24) is 9.47 Å². The van der Waals surface area contributed by atoms with Gasteiger partial charge in [0.1, 0.15) is 11.9 Å². The summed E-state index contributed by atoms with van der Waals surface area (Å²) in [4.78, 5) is 2.54. The number of halogens is 1. The highest BCUT2D eigenvalue weighted by Gasteiger charge is 2.40. The van der Waals surface area contributed by atoms with E-state index in [1.54, 1.807) is 12.1 Å². The van der Waals surface area contributed by atoms with Gasteiger partial charge in [-0.1, -0.05) is 12.1 Å². The van der Waals surface area contributed by atoms with Gasteiger partial charge in [0.05, 0.1) is 5.56 Å². The topological polar surface area (TPSA) is 58.0 Å². The van der Waals surface area contributed by atoms with Gasteiger partial charge in [-0.2, -0.15) is 5.26 Å². The molecule has 4 rings (SSSR count). The van der Waals surface area contributed by atoms with Crippen molar-refractivity contribution < 1.29 is 4.39 Å². The summed E-state index contributed by atoms with van der Waals surface area (Å²) in [6.07, 6.45) is 8.25. The third-order valence-electron chi connectivity index (χ3n) is 6.02. The molecule has 4 unspecified atom stereocenters. The lowest BCUT2D eigenvalue weighted by Gasteiger charge is -2.38. The summed E-state index contributed by atoms with van der Waals surface area (Å²) in [5, 5.41) is 9.17. The van der Waals surface area contributed by atoms with Crippen molar-refractivity contribution in [3.63, 3.8) is 0 Å². The van der Waals surface area contributed by atoms with E-state index in [0.717, 1.165) is 38.8 Å². The fourth-order valence-corrected chi connectivity index (χ4v) is 4.74. The van der Waals surface area contributed by atoms with Crippen molar-refractivity contribution in [2.45, 2.75) is 49.7 Å². The summed E-state index contributed by atoms with van der Waals surface area (Å²) in [6.45, 7) is 2.01. The summed E-state index contributed by atoms with van der Waals surface area (Å²) < 4.78 is 15.5. The van der Waals surface area contributed by atoms with E-state index in [2.05, 4.69) is 15.5 Å². The Labute approximate surface area is 154 Å². The van der Waals surface area contributed by atoms with Gasteiger partial charge < -0.3 is 10.3 Å². The van der Waals surface area contributed by atoms with Crippen LogP contribution in [0.1, 0.15) is 48.8 Å². The smallest absolute Gasteiger partial charge is 0.123 e. The van der Waals surface area contributed by atoms with Crippen LogP contribution in [0.2, 0.25) is 0 Å². The van der Waals surface area contributed by atoms with Crippen molar-refractivity contribution in [3.8, 4) is 6.07 Å². The molecule has 1 aromatic carbocycles. The van der Waals surface area contributed by atoms with Crippen molar-refractivity contribution in [1.29, 1.82) is 5.26 Å². The normalized spacial score (nSPS) is 29.6. The quantitative estimate of drug-likeness (QED) is 0.921. The number of likely N-dealkylation sites (tertiary alicyclic amines) is 1. The monoisotopic (exact) mass is 352 g/mol. The van der Waals surface area contributed by atoms with E-state index in [1.165, 1.54) is 5.56 Å². The van der Waals surface area contributed by atoms with E-state index in [9.17, 15) is 9.65 Å². The van der Waals surface area contributed by atoms with Gasteiger partial charge in [-0.3, -0.25) is 4.90 Å². The Morgan fingerprint density at radius 2 is 1.88 bits per heavy atom. The number of hydrogen-bond acceptors (Lipinski definition) is 3. The van der Waals surface area contributed by atoms with Gasteiger partial charge in [0.15, 0.2) is 0 Å². The zero-order valence-electron chi connectivity index (χ0n) is 14.9. The molecular formula is C21H25FN4. The fourth-order valence-electron chi connectivity index (χ4n) is 4.74. The predicted molar refractivity (Wildman–Crippen MR) is 99.1 cm³/mol. The number of aromatic nitrogens is 1. The molecule has 2 heterocycles. The summed E-state index contributed by atoms with van der Waals surface area (Å²) in [5.74, 6) is 0.211. The van der Waals surface area contributed by atoms with E-state index in [-0.39, 0.29) is 11.9 Å². The van der Waals surface area contributed by atoms with E-state index in [0.29, 0.717) is 23.6 Å². The minimum absolute atomic E-state index is 0.189. The molecule has 1 aliphatic carbocycles. The van der Waals surface area contributed by atoms with Gasteiger partial charge in [-0.05, 0) is 61.9 Å². The highest BCUT2D eigenvalue weighted by Crippen LogP contribution is 2.44. The molecule has 2 fully saturated rings. The van der Waals surface area contributed by atoms with E-state index < -0.39 is 0 Å². The second kappa shape index (κ2) is 7.22. The van der Waals surface area contributed by atoms with E-state index in [1.807, 2.05) is 30.6 Å². The molecule has 1 saturated heterocycles. The molecule has 0 amide bonds. The van der Waals surface area contributed by atoms with Crippen LogP contribution >= 0.6 is 0 Å². The number of benzene rings is 1. The van der Waals surface area contributed by atoms with Gasteiger partial charge in [0.25, 0.3) is 0 Å². The highest BCUT2D eigenvalue weighted by atomic mass is 19.1. The molecule has 0 bridgehead atoms. The maximum atomic E-state index is 13.3. The Balaban J connectivity index is 1.61. The average Bonchev–Trinajstić information content (AvgIpc) is 3.29. The van der Waals surface area contributed by atoms with Crippen molar-refractivity contribution in [3.05, 3.63) is 59.7 Å². The van der Waals surface area contributed by atoms with Crippen LogP contribution in [0.15, 0.2) is 42.7 Å². The van der Waals surface area contributed by atoms with E-state index >= 15 is 0 Å². The molecule has 2 aromatic rings. The minimum Gasteiger partial charge on any atom is -0.348 e. The zero-order chi connectivity index (χ0) is 18.1. The summed E-state index contributed by atoms with van der Waals surface area (Å²) in [5.41, 5.74) is 8.13. The summed E-state index contributed by atoms with van der Waals surface area (Å²) in [6, 6.07) is 12.0. The average molecular weight is 352 g/mol. The van der Waals surface area contributed by atoms with Crippen LogP contribution in [0.4, 0.5) is 4.39 Å². The number of rotatable bonds is 3. The Morgan fingerprint density at radius 1 is 1.12 bits per heavy atom. The van der Waals surface area contributed by atoms with Crippen LogP contribution in [0.3, 0.4) is 0 Å². The maximum Gasteiger partial charge on any atom is 0.123 e. The number of hydrogen-bond donors (Lipinski definition) is 1. The summed E-state index contributed by atoms with van der Waals surface area (Å²) >= 11 is 0. The molecular weight excluding hydrogens is 327 g/mol. The Bertz CT molecular complexity index is 791. The van der Waals surface area contributed by atoms with Gasteiger partial charge >= 0.3 is 0 Å². The standard InChI is InChI=1S/C21H25FN4/c22-18-5-3-16(4-6-18)17-10-20(25-8-1-2-19(24)14-25)21(11-17)26-9-7-15(12-23)13-26/h3-7,9,13,17,19-21H,1-2,8,10-11,14,24H2. The molecule has 4 atom stereocenters. The van der Waals surface area contributed by atoms with Crippen LogP contribution in [0.25, 0.3) is 0 Å². The molecule has 4 nitrogen and oxygen atoms in total. The van der Waals surface area contributed by atoms with E-state index in [4.69, 9.17) is 5.73 Å². The molecule has 1 aromatic heterocycles. The first kappa shape index (κ1) is 17.3. The number of nitrogens with zero attached hydrogens (tertiary/aromatic N) is 3. The Hall–Kier alpha value is -2.16. The van der Waals surface area contributed by atoms with Gasteiger partial charge in [0, 0.05) is 37.1 Å². The number of piperidine rings is 1. The van der Waals surface area contributed by atoms with Gasteiger partial charge in [0.2, 0.25) is 0 Å². The largest absolute Gasteiger partial charge is 0.348 e. The molecule has 1 saturated carbocycles. The van der Waals surface area contributed by atoms with Crippen LogP contribution < -0.4 is 5.73 Å². The van der Waals surface area contributed by atoms with Crippen LogP contribution in [-0.4, -0.2) is 34.6 Å². The molecule has 2 aliphatic rings. The highest BCUT2D eigenvalue weighted by molar-refractivity contribution is 5.27. The minimum atomic E-state index is -0.189. The predicted octanol–water partition coefficient (Wildman–Crippen LogP) is 3.41. The first-order valence-corrected chi connectivity index (χ1v) is 9.46. The second-order valence-electron chi connectivity index (χ2n) is 7.71. The van der Waals surface area contributed by atoms with Crippen molar-refractivity contribution in [2.75, 3.05) is 13.1 Å². The zero-order valence-corrected chi connectivity index (χ0v) is 14.9. The molecule has 5 heteroatoms. The lowest BCUT2D eigenvalue weighted by Crippen LogP contribution is -2.49. The van der Waals surface area contributed by atoms with Crippen LogP contribution in [0, 0.1) is 17.1 Å². The number of nitriles is 1. The third-order valence-corrected chi connectivity index (χ3v) is 6.02. The molecule has 1 aliphatic heterocycles. The Morgan fingerprint density at radius 3 is 2.58 bits per heavy atom. The lowest BCUT2D eigenvalue weighted by molar-refractivity contribution is 0.123. The lowest BCUT2D eigenvalue weighted by atomic mass is 9.97. The molecule has 0 radical (unpaired) electrons. The first-order chi connectivity index (χ1) is 12.6. The fraction of sp³-hybridized carbons (Fsp3) is 0.476. The third kappa shape index (κ3) is 3.40. The van der Waals surface area contributed by atoms with Crippen LogP contribution in [-0.2, 0) is 0 Å². The SMILES string of the molecule is N#Cc1ccn(C2CC(c3ccc(F)cc3)CC2N2CCCC(N)C2)c1. The van der Waals surface area contributed by atoms with Crippen molar-refractivity contribution in [2.24, 2.45) is 5.73 Å². The van der Waals surface area contributed by atoms with Crippen LogP contribution in [0.5, 0.6) is 0 Å². The molecule has 2 N–H and O–H groups in total.